The molecule has 0 bridgehead atoms. The lowest BCUT2D eigenvalue weighted by Gasteiger charge is -2.07. The van der Waals surface area contributed by atoms with Gasteiger partial charge in [-0.2, -0.15) is 5.10 Å². The molecule has 0 unspecified atom stereocenters. The smallest absolute Gasteiger partial charge is 0.343 e. The number of rotatable bonds is 8. The number of carbonyl (C=O) groups excluding carboxylic acids is 3. The van der Waals surface area contributed by atoms with Crippen molar-refractivity contribution in [1.29, 1.82) is 0 Å². The van der Waals surface area contributed by atoms with Crippen molar-refractivity contribution in [2.45, 2.75) is 0 Å². The number of esters is 1. The van der Waals surface area contributed by atoms with Crippen molar-refractivity contribution in [3.8, 4) is 5.75 Å². The number of nitro benzene ring substituents is 1. The second-order valence-corrected chi connectivity index (χ2v) is 7.44. The second-order valence-electron chi connectivity index (χ2n) is 7.44. The van der Waals surface area contributed by atoms with Crippen molar-refractivity contribution in [3.63, 3.8) is 0 Å². The summed E-state index contributed by atoms with van der Waals surface area (Å²) >= 11 is 0. The van der Waals surface area contributed by atoms with E-state index in [2.05, 4.69) is 15.8 Å². The Kier molecular flexibility index (Phi) is 7.45. The van der Waals surface area contributed by atoms with E-state index in [-0.39, 0.29) is 22.8 Å². The molecule has 0 aliphatic heterocycles. The van der Waals surface area contributed by atoms with Crippen molar-refractivity contribution in [1.82, 2.24) is 5.43 Å². The Morgan fingerprint density at radius 1 is 0.865 bits per heavy atom. The maximum absolute atomic E-state index is 12.4. The molecule has 4 rings (SSSR count). The van der Waals surface area contributed by atoms with Gasteiger partial charge in [-0.3, -0.25) is 19.7 Å². The zero-order valence-corrected chi connectivity index (χ0v) is 19.0. The van der Waals surface area contributed by atoms with E-state index in [1.54, 1.807) is 42.5 Å². The zero-order valence-electron chi connectivity index (χ0n) is 19.0. The normalized spacial score (nSPS) is 10.6. The summed E-state index contributed by atoms with van der Waals surface area (Å²) in [5.74, 6) is -1.28. The monoisotopic (exact) mass is 498 g/mol. The summed E-state index contributed by atoms with van der Waals surface area (Å²) in [5, 5.41) is 17.3. The third-order valence-electron chi connectivity index (χ3n) is 4.96. The van der Waals surface area contributed by atoms with Crippen LogP contribution in [0.15, 0.2) is 101 Å². The van der Waals surface area contributed by atoms with E-state index in [0.717, 1.165) is 0 Å². The number of nitrogens with one attached hydrogen (secondary N) is 2. The molecule has 0 spiro atoms. The van der Waals surface area contributed by atoms with Crippen molar-refractivity contribution in [3.05, 3.63) is 124 Å². The minimum Gasteiger partial charge on any atom is -0.459 e. The van der Waals surface area contributed by atoms with E-state index in [0.29, 0.717) is 16.8 Å². The third kappa shape index (κ3) is 6.31. The fourth-order valence-corrected chi connectivity index (χ4v) is 3.09. The van der Waals surface area contributed by atoms with Crippen molar-refractivity contribution < 1.29 is 28.5 Å². The van der Waals surface area contributed by atoms with E-state index in [1.165, 1.54) is 54.9 Å². The Morgan fingerprint density at radius 3 is 2.24 bits per heavy atom. The van der Waals surface area contributed by atoms with Gasteiger partial charge in [0.15, 0.2) is 5.76 Å². The van der Waals surface area contributed by atoms with Crippen LogP contribution in [0.25, 0.3) is 0 Å². The van der Waals surface area contributed by atoms with Crippen LogP contribution in [0.4, 0.5) is 11.4 Å². The van der Waals surface area contributed by atoms with Gasteiger partial charge in [0.2, 0.25) is 0 Å². The van der Waals surface area contributed by atoms with Crippen LogP contribution >= 0.6 is 0 Å². The van der Waals surface area contributed by atoms with Crippen LogP contribution in [0.2, 0.25) is 0 Å². The summed E-state index contributed by atoms with van der Waals surface area (Å²) in [7, 11) is 0. The maximum atomic E-state index is 12.4. The van der Waals surface area contributed by atoms with Crippen LogP contribution in [0.1, 0.15) is 36.8 Å². The first-order valence-electron chi connectivity index (χ1n) is 10.7. The Hall–Kier alpha value is -5.58. The lowest BCUT2D eigenvalue weighted by atomic mass is 10.2. The van der Waals surface area contributed by atoms with Gasteiger partial charge in [-0.15, -0.1) is 0 Å². The number of anilines is 1. The van der Waals surface area contributed by atoms with Crippen LogP contribution in [0.3, 0.4) is 0 Å². The van der Waals surface area contributed by atoms with E-state index in [1.807, 2.05) is 0 Å². The summed E-state index contributed by atoms with van der Waals surface area (Å²) in [6.07, 6.45) is 2.71. The number of furan rings is 1. The van der Waals surface area contributed by atoms with Gasteiger partial charge in [0, 0.05) is 28.9 Å². The molecular weight excluding hydrogens is 480 g/mol. The summed E-state index contributed by atoms with van der Waals surface area (Å²) in [4.78, 5) is 47.1. The molecule has 1 heterocycles. The molecule has 0 atom stereocenters. The van der Waals surface area contributed by atoms with Gasteiger partial charge in [-0.05, 0) is 60.7 Å². The number of amides is 2. The van der Waals surface area contributed by atoms with Crippen LogP contribution in [0, 0.1) is 10.1 Å². The molecule has 0 saturated heterocycles. The van der Waals surface area contributed by atoms with Crippen LogP contribution in [0.5, 0.6) is 5.75 Å². The summed E-state index contributed by atoms with van der Waals surface area (Å²) in [6.45, 7) is 0. The summed E-state index contributed by atoms with van der Waals surface area (Å²) in [6, 6.07) is 20.8. The Balaban J connectivity index is 1.36. The number of hydrogen-bond donors (Lipinski definition) is 2. The lowest BCUT2D eigenvalue weighted by molar-refractivity contribution is -0.384. The molecule has 11 nitrogen and oxygen atoms in total. The predicted octanol–water partition coefficient (Wildman–Crippen LogP) is 4.42. The quantitative estimate of drug-likeness (QED) is 0.120. The number of ether oxygens (including phenoxy) is 1. The van der Waals surface area contributed by atoms with Gasteiger partial charge >= 0.3 is 5.97 Å². The molecule has 0 aliphatic rings. The highest BCUT2D eigenvalue weighted by Gasteiger charge is 2.14. The molecule has 0 radical (unpaired) electrons. The van der Waals surface area contributed by atoms with Gasteiger partial charge in [-0.1, -0.05) is 12.1 Å². The first kappa shape index (κ1) is 24.5. The standard InChI is InChI=1S/C26H18N4O7/c31-24(17-7-11-20(12-8-17)28-25(32)23-6-3-15-36-23)29-27-16-19-4-1-2-5-22(19)37-26(33)18-9-13-21(14-10-18)30(34)35/h1-16H,(H,28,32)(H,29,31)/b27-16-. The molecule has 1 aromatic heterocycles. The van der Waals surface area contributed by atoms with Gasteiger partial charge in [-0.25, -0.2) is 10.2 Å². The van der Waals surface area contributed by atoms with Gasteiger partial charge in [0.1, 0.15) is 5.75 Å². The number of non-ortho nitro benzene ring substituents is 1. The first-order chi connectivity index (χ1) is 17.9. The Morgan fingerprint density at radius 2 is 1.57 bits per heavy atom. The molecular formula is C26H18N4O7. The molecule has 0 saturated carbocycles. The maximum Gasteiger partial charge on any atom is 0.343 e. The molecule has 37 heavy (non-hydrogen) atoms. The minimum absolute atomic E-state index is 0.134. The highest BCUT2D eigenvalue weighted by Crippen LogP contribution is 2.19. The number of nitrogens with zero attached hydrogens (tertiary/aromatic N) is 2. The molecule has 0 aliphatic carbocycles. The van der Waals surface area contributed by atoms with Crippen LogP contribution in [-0.4, -0.2) is 28.9 Å². The average Bonchev–Trinajstić information content (AvgIpc) is 3.45. The molecule has 0 fully saturated rings. The number of para-hydroxylation sites is 1. The van der Waals surface area contributed by atoms with Crippen LogP contribution < -0.4 is 15.5 Å². The minimum atomic E-state index is -0.709. The van der Waals surface area contributed by atoms with Gasteiger partial charge in [0.25, 0.3) is 17.5 Å². The van der Waals surface area contributed by atoms with Crippen molar-refractivity contribution in [2.24, 2.45) is 5.10 Å². The third-order valence-corrected chi connectivity index (χ3v) is 4.96. The highest BCUT2D eigenvalue weighted by molar-refractivity contribution is 6.02. The SMILES string of the molecule is O=C(N/N=C\c1ccccc1OC(=O)c1ccc([N+](=O)[O-])cc1)c1ccc(NC(=O)c2ccco2)cc1. The van der Waals surface area contributed by atoms with E-state index in [9.17, 15) is 24.5 Å². The fourth-order valence-electron chi connectivity index (χ4n) is 3.09. The predicted molar refractivity (Wildman–Crippen MR) is 133 cm³/mol. The fraction of sp³-hybridized carbons (Fsp3) is 0. The zero-order chi connectivity index (χ0) is 26.2. The molecule has 4 aromatic rings. The van der Waals surface area contributed by atoms with Crippen LogP contribution in [-0.2, 0) is 0 Å². The average molecular weight is 498 g/mol. The summed E-state index contributed by atoms with van der Waals surface area (Å²) < 4.78 is 10.4. The first-order valence-corrected chi connectivity index (χ1v) is 10.7. The molecule has 2 amide bonds. The highest BCUT2D eigenvalue weighted by atomic mass is 16.6. The van der Waals surface area contributed by atoms with E-state index < -0.39 is 22.7 Å². The van der Waals surface area contributed by atoms with E-state index in [4.69, 9.17) is 9.15 Å². The number of hydrogen-bond acceptors (Lipinski definition) is 8. The Bertz CT molecular complexity index is 1460. The molecule has 3 aromatic carbocycles. The van der Waals surface area contributed by atoms with Crippen molar-refractivity contribution in [2.75, 3.05) is 5.32 Å². The van der Waals surface area contributed by atoms with Gasteiger partial charge in [0.05, 0.1) is 23.0 Å². The molecule has 11 heteroatoms. The van der Waals surface area contributed by atoms with Crippen molar-refractivity contribution >= 4 is 35.4 Å². The number of carbonyl (C=O) groups is 3. The topological polar surface area (TPSA) is 153 Å². The Labute approximate surface area is 209 Å². The number of benzene rings is 3. The second kappa shape index (κ2) is 11.2. The number of hydrazone groups is 1. The molecule has 2 N–H and O–H groups in total. The van der Waals surface area contributed by atoms with Gasteiger partial charge < -0.3 is 14.5 Å². The number of nitro groups is 1. The van der Waals surface area contributed by atoms with E-state index >= 15 is 0 Å². The largest absolute Gasteiger partial charge is 0.459 e. The molecule has 184 valence electrons. The summed E-state index contributed by atoms with van der Waals surface area (Å²) in [5.41, 5.74) is 3.56. The lowest BCUT2D eigenvalue weighted by Crippen LogP contribution is -2.18.